The summed E-state index contributed by atoms with van der Waals surface area (Å²) in [6.07, 6.45) is 1.60. The maximum absolute atomic E-state index is 12.0. The number of halogens is 3. The number of rotatable bonds is 3. The quantitative estimate of drug-likeness (QED) is 0.637. The van der Waals surface area contributed by atoms with E-state index in [-0.39, 0.29) is 56.9 Å². The summed E-state index contributed by atoms with van der Waals surface area (Å²) in [6.45, 7) is -4.83. The first-order chi connectivity index (χ1) is 6.38. The van der Waals surface area contributed by atoms with Gasteiger partial charge >= 0.3 is 58.4 Å². The topological polar surface area (TPSA) is 30.0 Å². The maximum Gasteiger partial charge on any atom is 1.00 e. The standard InChI is InChI=1S/C7H8BF3NOS.K/c1-14(13)7-3-2-6(5-12-7)4-8(9,10)11;/h2-3,5H,4H2,1H3;/q-1;+1. The molecule has 0 fully saturated rings. The van der Waals surface area contributed by atoms with Crippen LogP contribution in [0.4, 0.5) is 12.9 Å². The van der Waals surface area contributed by atoms with Crippen LogP contribution in [0.1, 0.15) is 5.56 Å². The van der Waals surface area contributed by atoms with Crippen molar-refractivity contribution in [3.63, 3.8) is 0 Å². The Balaban J connectivity index is 0.00000196. The average Bonchev–Trinajstić information content (AvgIpc) is 2.02. The first kappa shape index (κ1) is 15.8. The molecule has 1 rings (SSSR count). The van der Waals surface area contributed by atoms with Gasteiger partial charge in [-0.05, 0) is 6.07 Å². The van der Waals surface area contributed by atoms with Crippen LogP contribution in [0.25, 0.3) is 0 Å². The molecule has 1 unspecified atom stereocenters. The van der Waals surface area contributed by atoms with Crippen LogP contribution in [0, 0.1) is 0 Å². The third kappa shape index (κ3) is 6.18. The van der Waals surface area contributed by atoms with Crippen molar-refractivity contribution in [1.82, 2.24) is 4.98 Å². The van der Waals surface area contributed by atoms with Crippen molar-refractivity contribution < 1.29 is 68.5 Å². The third-order valence-corrected chi connectivity index (χ3v) is 2.39. The molecular weight excluding hydrogens is 253 g/mol. The van der Waals surface area contributed by atoms with E-state index in [4.69, 9.17) is 0 Å². The van der Waals surface area contributed by atoms with E-state index in [9.17, 15) is 17.2 Å². The smallest absolute Gasteiger partial charge is 0.449 e. The molecule has 0 saturated heterocycles. The van der Waals surface area contributed by atoms with Crippen molar-refractivity contribution in [2.45, 2.75) is 11.3 Å². The van der Waals surface area contributed by atoms with Crippen molar-refractivity contribution in [3.05, 3.63) is 23.9 Å². The van der Waals surface area contributed by atoms with Gasteiger partial charge in [-0.1, -0.05) is 17.9 Å². The van der Waals surface area contributed by atoms with Crippen LogP contribution in [0.2, 0.25) is 0 Å². The van der Waals surface area contributed by atoms with Crippen LogP contribution in [-0.4, -0.2) is 22.4 Å². The van der Waals surface area contributed by atoms with Gasteiger partial charge in [0.05, 0.1) is 10.8 Å². The predicted molar refractivity (Wildman–Crippen MR) is 49.4 cm³/mol. The first-order valence-electron chi connectivity index (χ1n) is 3.88. The molecule has 2 nitrogen and oxygen atoms in total. The minimum atomic E-state index is -4.83. The Labute approximate surface area is 131 Å². The molecule has 0 aliphatic rings. The molecule has 0 aromatic carbocycles. The van der Waals surface area contributed by atoms with Crippen molar-refractivity contribution >= 4 is 17.8 Å². The van der Waals surface area contributed by atoms with Gasteiger partial charge in [-0.15, -0.1) is 0 Å². The summed E-state index contributed by atoms with van der Waals surface area (Å²) in [6, 6.07) is 2.66. The Morgan fingerprint density at radius 2 is 2.00 bits per heavy atom. The number of pyridine rings is 1. The van der Waals surface area contributed by atoms with Gasteiger partial charge in [0.25, 0.3) is 0 Å². The fourth-order valence-electron chi connectivity index (χ4n) is 0.969. The van der Waals surface area contributed by atoms with E-state index in [0.717, 1.165) is 6.20 Å². The van der Waals surface area contributed by atoms with E-state index < -0.39 is 24.1 Å². The third-order valence-electron chi connectivity index (χ3n) is 1.56. The largest absolute Gasteiger partial charge is 1.00 e. The van der Waals surface area contributed by atoms with Gasteiger partial charge in [0.15, 0.2) is 0 Å². The molecule has 0 N–H and O–H groups in total. The summed E-state index contributed by atoms with van der Waals surface area (Å²) in [5.41, 5.74) is 0.103. The van der Waals surface area contributed by atoms with Gasteiger partial charge < -0.3 is 12.9 Å². The second kappa shape index (κ2) is 6.51. The van der Waals surface area contributed by atoms with E-state index in [2.05, 4.69) is 4.98 Å². The SMILES string of the molecule is CS(=O)c1ccc(C[B-](F)(F)F)cn1.[K+]. The Morgan fingerprint density at radius 3 is 2.33 bits per heavy atom. The molecule has 0 saturated carbocycles. The monoisotopic (exact) mass is 261 g/mol. The number of hydrogen-bond acceptors (Lipinski definition) is 2. The molecule has 0 amide bonds. The van der Waals surface area contributed by atoms with Gasteiger partial charge in [0.1, 0.15) is 5.03 Å². The molecule has 8 heteroatoms. The van der Waals surface area contributed by atoms with Crippen LogP contribution < -0.4 is 51.4 Å². The van der Waals surface area contributed by atoms with Gasteiger partial charge in [0, 0.05) is 12.5 Å². The number of nitrogens with zero attached hydrogens (tertiary/aromatic N) is 1. The number of hydrogen-bond donors (Lipinski definition) is 0. The van der Waals surface area contributed by atoms with Crippen molar-refractivity contribution in [3.8, 4) is 0 Å². The van der Waals surface area contributed by atoms with Crippen LogP contribution in [-0.2, 0) is 17.1 Å². The summed E-state index contributed by atoms with van der Waals surface area (Å²) in [5.74, 6) is 0. The zero-order valence-electron chi connectivity index (χ0n) is 8.41. The zero-order chi connectivity index (χ0) is 10.8. The first-order valence-corrected chi connectivity index (χ1v) is 5.43. The summed E-state index contributed by atoms with van der Waals surface area (Å²) < 4.78 is 46.8. The second-order valence-corrected chi connectivity index (χ2v) is 4.20. The van der Waals surface area contributed by atoms with Gasteiger partial charge in [-0.25, -0.2) is 4.98 Å². The second-order valence-electron chi connectivity index (χ2n) is 2.87. The summed E-state index contributed by atoms with van der Waals surface area (Å²) >= 11 is 0. The normalized spacial score (nSPS) is 13.1. The molecule has 78 valence electrons. The van der Waals surface area contributed by atoms with Crippen molar-refractivity contribution in [2.24, 2.45) is 0 Å². The van der Waals surface area contributed by atoms with E-state index in [1.54, 1.807) is 0 Å². The van der Waals surface area contributed by atoms with Crippen molar-refractivity contribution in [1.29, 1.82) is 0 Å². The fraction of sp³-hybridized carbons (Fsp3) is 0.286. The van der Waals surface area contributed by atoms with E-state index >= 15 is 0 Å². The summed E-state index contributed by atoms with van der Waals surface area (Å²) in [5, 5.41) is 0.295. The molecule has 0 spiro atoms. The minimum Gasteiger partial charge on any atom is -0.449 e. The Hall–Kier alpha value is 0.791. The number of aromatic nitrogens is 1. The van der Waals surface area contributed by atoms with Crippen molar-refractivity contribution in [2.75, 3.05) is 6.26 Å². The molecule has 1 aromatic heterocycles. The van der Waals surface area contributed by atoms with Crippen LogP contribution in [0.15, 0.2) is 23.4 Å². The molecule has 15 heavy (non-hydrogen) atoms. The Morgan fingerprint density at radius 1 is 1.40 bits per heavy atom. The molecule has 0 radical (unpaired) electrons. The molecular formula is C7H8BF3KNOS. The molecule has 0 bridgehead atoms. The van der Waals surface area contributed by atoms with Gasteiger partial charge in [-0.2, -0.15) is 0 Å². The molecule has 0 aliphatic carbocycles. The Bertz CT molecular complexity index is 343. The maximum atomic E-state index is 12.0. The fourth-order valence-corrected chi connectivity index (χ4v) is 1.43. The predicted octanol–water partition coefficient (Wildman–Crippen LogP) is -1.25. The molecule has 0 aliphatic heterocycles. The average molecular weight is 261 g/mol. The Kier molecular flexibility index (Phi) is 6.85. The van der Waals surface area contributed by atoms with Crippen LogP contribution in [0.3, 0.4) is 0 Å². The van der Waals surface area contributed by atoms with E-state index in [1.807, 2.05) is 0 Å². The van der Waals surface area contributed by atoms with Crippen LogP contribution >= 0.6 is 0 Å². The van der Waals surface area contributed by atoms with E-state index in [1.165, 1.54) is 18.4 Å². The zero-order valence-corrected chi connectivity index (χ0v) is 12.4. The van der Waals surface area contributed by atoms with Gasteiger partial charge in [0.2, 0.25) is 0 Å². The van der Waals surface area contributed by atoms with Gasteiger partial charge in [-0.3, -0.25) is 4.21 Å². The van der Waals surface area contributed by atoms with Crippen LogP contribution in [0.5, 0.6) is 0 Å². The summed E-state index contributed by atoms with van der Waals surface area (Å²) in [4.78, 5) is 3.67. The van der Waals surface area contributed by atoms with E-state index in [0.29, 0.717) is 5.03 Å². The minimum absolute atomic E-state index is 0. The molecule has 1 heterocycles. The molecule has 1 aromatic rings. The molecule has 1 atom stereocenters. The summed E-state index contributed by atoms with van der Waals surface area (Å²) in [7, 11) is -1.25.